The molecule has 1 saturated heterocycles. The molecule has 3 aliphatic rings. The van der Waals surface area contributed by atoms with Gasteiger partial charge in [0.15, 0.2) is 5.78 Å². The Balaban J connectivity index is 1.49. The summed E-state index contributed by atoms with van der Waals surface area (Å²) in [6.45, 7) is 0.642. The molecule has 0 aromatic rings. The van der Waals surface area contributed by atoms with Gasteiger partial charge in [-0.05, 0) is 25.7 Å². The average molecular weight is 334 g/mol. The Labute approximate surface area is 140 Å². The van der Waals surface area contributed by atoms with E-state index >= 15 is 0 Å². The summed E-state index contributed by atoms with van der Waals surface area (Å²) in [6.07, 6.45) is 5.63. The summed E-state index contributed by atoms with van der Waals surface area (Å²) < 4.78 is 5.56. The first kappa shape index (κ1) is 16.7. The molecule has 0 radical (unpaired) electrons. The number of Topliss-reactive ketones (excluding diaryl/α,β-unsaturated/α-hetero) is 1. The van der Waals surface area contributed by atoms with Crippen molar-refractivity contribution in [2.45, 2.75) is 56.9 Å². The first-order chi connectivity index (χ1) is 11.5. The number of amides is 3. The summed E-state index contributed by atoms with van der Waals surface area (Å²) in [5, 5.41) is 2.77. The highest BCUT2D eigenvalue weighted by molar-refractivity contribution is 6.07. The Bertz CT molecular complexity index is 600. The predicted molar refractivity (Wildman–Crippen MR) is 84.0 cm³/mol. The number of urea groups is 1. The van der Waals surface area contributed by atoms with Crippen LogP contribution in [0.2, 0.25) is 0 Å². The summed E-state index contributed by atoms with van der Waals surface area (Å²) in [7, 11) is 0. The summed E-state index contributed by atoms with van der Waals surface area (Å²) in [5.74, 6) is 0.682. The van der Waals surface area contributed by atoms with E-state index in [9.17, 15) is 19.2 Å². The number of nitrogens with zero attached hydrogens (tertiary/aromatic N) is 1. The smallest absolute Gasteiger partial charge is 0.325 e. The monoisotopic (exact) mass is 334 g/mol. The van der Waals surface area contributed by atoms with Gasteiger partial charge in [-0.2, -0.15) is 0 Å². The van der Waals surface area contributed by atoms with Crippen molar-refractivity contribution in [3.05, 3.63) is 11.8 Å². The molecule has 0 atom stereocenters. The summed E-state index contributed by atoms with van der Waals surface area (Å²) in [4.78, 5) is 48.6. The molecule has 0 aromatic carbocycles. The lowest BCUT2D eigenvalue weighted by molar-refractivity contribution is -0.134. The van der Waals surface area contributed by atoms with Crippen LogP contribution in [0.3, 0.4) is 0 Å². The molecule has 3 rings (SSSR count). The van der Waals surface area contributed by atoms with Crippen LogP contribution < -0.4 is 5.32 Å². The number of allylic oxidation sites excluding steroid dienone is 2. The topological polar surface area (TPSA) is 92.8 Å². The van der Waals surface area contributed by atoms with Crippen molar-refractivity contribution in [1.82, 2.24) is 10.2 Å². The number of carbonyl (C=O) groups excluding carboxylic acids is 4. The zero-order valence-electron chi connectivity index (χ0n) is 13.6. The van der Waals surface area contributed by atoms with Crippen molar-refractivity contribution in [2.24, 2.45) is 0 Å². The third-order valence-electron chi connectivity index (χ3n) is 4.89. The minimum absolute atomic E-state index is 0.0825. The van der Waals surface area contributed by atoms with E-state index in [0.29, 0.717) is 50.9 Å². The van der Waals surface area contributed by atoms with Crippen LogP contribution >= 0.6 is 0 Å². The molecule has 1 saturated carbocycles. The second-order valence-corrected chi connectivity index (χ2v) is 6.64. The van der Waals surface area contributed by atoms with Gasteiger partial charge >= 0.3 is 6.03 Å². The Morgan fingerprint density at radius 1 is 1.08 bits per heavy atom. The van der Waals surface area contributed by atoms with Gasteiger partial charge in [0.2, 0.25) is 0 Å². The molecule has 3 amide bonds. The van der Waals surface area contributed by atoms with E-state index in [4.69, 9.17) is 4.74 Å². The lowest BCUT2D eigenvalue weighted by atomic mass is 9.81. The number of imide groups is 1. The summed E-state index contributed by atoms with van der Waals surface area (Å²) in [5.41, 5.74) is -0.885. The van der Waals surface area contributed by atoms with E-state index in [-0.39, 0.29) is 30.0 Å². The van der Waals surface area contributed by atoms with Crippen LogP contribution in [0.25, 0.3) is 0 Å². The van der Waals surface area contributed by atoms with Crippen LogP contribution in [0, 0.1) is 0 Å². The maximum Gasteiger partial charge on any atom is 0.325 e. The van der Waals surface area contributed by atoms with Crippen LogP contribution in [0.1, 0.15) is 51.4 Å². The van der Waals surface area contributed by atoms with E-state index in [0.717, 1.165) is 12.8 Å². The standard InChI is InChI=1S/C17H22N2O5/c20-12-5-7-17(8-6-12)15(22)19(16(23)18-17)9-2-10-24-14-4-1-3-13(21)11-14/h11H,1-10H2,(H,18,23). The van der Waals surface area contributed by atoms with Crippen molar-refractivity contribution in [1.29, 1.82) is 0 Å². The van der Waals surface area contributed by atoms with E-state index in [1.807, 2.05) is 0 Å². The van der Waals surface area contributed by atoms with Crippen molar-refractivity contribution in [2.75, 3.05) is 13.2 Å². The molecular formula is C17H22N2O5. The molecule has 0 bridgehead atoms. The molecular weight excluding hydrogens is 312 g/mol. The molecule has 2 aliphatic carbocycles. The second kappa shape index (κ2) is 6.75. The van der Waals surface area contributed by atoms with E-state index in [1.54, 1.807) is 0 Å². The molecule has 7 heteroatoms. The number of ketones is 2. The zero-order valence-corrected chi connectivity index (χ0v) is 13.6. The van der Waals surface area contributed by atoms with E-state index in [1.165, 1.54) is 11.0 Å². The highest BCUT2D eigenvalue weighted by atomic mass is 16.5. The highest BCUT2D eigenvalue weighted by Gasteiger charge is 2.52. The van der Waals surface area contributed by atoms with Crippen LogP contribution in [0.4, 0.5) is 4.79 Å². The number of ether oxygens (including phenoxy) is 1. The summed E-state index contributed by atoms with van der Waals surface area (Å²) >= 11 is 0. The molecule has 0 aromatic heterocycles. The molecule has 24 heavy (non-hydrogen) atoms. The third-order valence-corrected chi connectivity index (χ3v) is 4.89. The maximum atomic E-state index is 12.6. The molecule has 2 fully saturated rings. The Hall–Kier alpha value is -2.18. The van der Waals surface area contributed by atoms with Crippen LogP contribution in [-0.2, 0) is 19.1 Å². The lowest BCUT2D eigenvalue weighted by Crippen LogP contribution is -2.49. The number of hydrogen-bond acceptors (Lipinski definition) is 5. The number of carbonyl (C=O) groups is 4. The zero-order chi connectivity index (χ0) is 17.2. The second-order valence-electron chi connectivity index (χ2n) is 6.64. The Morgan fingerprint density at radius 3 is 2.54 bits per heavy atom. The maximum absolute atomic E-state index is 12.6. The van der Waals surface area contributed by atoms with Gasteiger partial charge in [-0.1, -0.05) is 0 Å². The predicted octanol–water partition coefficient (Wildman–Crippen LogP) is 1.46. The van der Waals surface area contributed by atoms with Gasteiger partial charge in [-0.3, -0.25) is 19.3 Å². The highest BCUT2D eigenvalue weighted by Crippen LogP contribution is 2.32. The molecule has 1 spiro atoms. The molecule has 1 aliphatic heterocycles. The Kier molecular flexibility index (Phi) is 4.69. The normalized spacial score (nSPS) is 23.5. The lowest BCUT2D eigenvalue weighted by Gasteiger charge is -2.29. The quantitative estimate of drug-likeness (QED) is 0.607. The van der Waals surface area contributed by atoms with Crippen molar-refractivity contribution < 1.29 is 23.9 Å². The number of nitrogens with one attached hydrogen (secondary N) is 1. The largest absolute Gasteiger partial charge is 0.498 e. The van der Waals surface area contributed by atoms with Crippen LogP contribution in [0.15, 0.2) is 11.8 Å². The van der Waals surface area contributed by atoms with Crippen molar-refractivity contribution in [3.63, 3.8) is 0 Å². The van der Waals surface area contributed by atoms with Gasteiger partial charge in [-0.15, -0.1) is 0 Å². The van der Waals surface area contributed by atoms with Gasteiger partial charge in [0.05, 0.1) is 12.4 Å². The van der Waals surface area contributed by atoms with Gasteiger partial charge in [-0.25, -0.2) is 4.79 Å². The van der Waals surface area contributed by atoms with E-state index in [2.05, 4.69) is 5.32 Å². The van der Waals surface area contributed by atoms with Gasteiger partial charge < -0.3 is 10.1 Å². The fourth-order valence-electron chi connectivity index (χ4n) is 3.47. The minimum Gasteiger partial charge on any atom is -0.498 e. The van der Waals surface area contributed by atoms with Crippen LogP contribution in [-0.4, -0.2) is 47.1 Å². The summed E-state index contributed by atoms with van der Waals surface area (Å²) in [6, 6.07) is -0.388. The molecule has 1 heterocycles. The molecule has 0 unspecified atom stereocenters. The van der Waals surface area contributed by atoms with Gasteiger partial charge in [0, 0.05) is 38.3 Å². The van der Waals surface area contributed by atoms with Crippen LogP contribution in [0.5, 0.6) is 0 Å². The third kappa shape index (κ3) is 3.34. The number of rotatable bonds is 5. The fraction of sp³-hybridized carbons (Fsp3) is 0.647. The minimum atomic E-state index is -0.885. The number of hydrogen-bond donors (Lipinski definition) is 1. The van der Waals surface area contributed by atoms with E-state index < -0.39 is 5.54 Å². The average Bonchev–Trinajstić information content (AvgIpc) is 2.78. The van der Waals surface area contributed by atoms with Gasteiger partial charge in [0.25, 0.3) is 5.91 Å². The first-order valence-electron chi connectivity index (χ1n) is 8.52. The van der Waals surface area contributed by atoms with Crippen molar-refractivity contribution >= 4 is 23.5 Å². The Morgan fingerprint density at radius 2 is 1.83 bits per heavy atom. The first-order valence-corrected chi connectivity index (χ1v) is 8.52. The van der Waals surface area contributed by atoms with Gasteiger partial charge in [0.1, 0.15) is 11.3 Å². The molecule has 7 nitrogen and oxygen atoms in total. The SMILES string of the molecule is O=C1C=C(OCCCN2C(=O)NC3(CCC(=O)CC3)C2=O)CCC1. The molecule has 1 N–H and O–H groups in total. The fourth-order valence-corrected chi connectivity index (χ4v) is 3.47. The molecule has 130 valence electrons. The van der Waals surface area contributed by atoms with Crippen molar-refractivity contribution in [3.8, 4) is 0 Å².